The highest BCUT2D eigenvalue weighted by atomic mass is 32.1. The molecule has 0 radical (unpaired) electrons. The third kappa shape index (κ3) is 4.56. The number of benzene rings is 1. The lowest BCUT2D eigenvalue weighted by Crippen LogP contribution is -2.40. The van der Waals surface area contributed by atoms with Crippen molar-refractivity contribution in [2.24, 2.45) is 0 Å². The van der Waals surface area contributed by atoms with Gasteiger partial charge in [-0.25, -0.2) is 4.79 Å². The Balaban J connectivity index is 2.03. The van der Waals surface area contributed by atoms with Crippen LogP contribution >= 0.6 is 11.3 Å². The van der Waals surface area contributed by atoms with E-state index >= 15 is 0 Å². The summed E-state index contributed by atoms with van der Waals surface area (Å²) in [5.41, 5.74) is 1.72. The minimum atomic E-state index is -0.334. The number of ether oxygens (including phenoxy) is 1. The highest BCUT2D eigenvalue weighted by molar-refractivity contribution is 7.13. The van der Waals surface area contributed by atoms with E-state index in [4.69, 9.17) is 4.74 Å². The zero-order valence-electron chi connectivity index (χ0n) is 12.4. The number of carbonyl (C=O) groups is 1. The van der Waals surface area contributed by atoms with Crippen LogP contribution in [0, 0.1) is 0 Å². The van der Waals surface area contributed by atoms with Gasteiger partial charge in [-0.2, -0.15) is 0 Å². The molecule has 0 saturated carbocycles. The number of aliphatic hydroxyl groups excluding tert-OH is 1. The zero-order valence-corrected chi connectivity index (χ0v) is 13.2. The second-order valence-electron chi connectivity index (χ2n) is 4.78. The number of hydrogen-bond acceptors (Lipinski definition) is 4. The molecule has 6 heteroatoms. The van der Waals surface area contributed by atoms with E-state index in [9.17, 15) is 9.90 Å². The molecule has 5 nitrogen and oxygen atoms in total. The van der Waals surface area contributed by atoms with Gasteiger partial charge in [-0.3, -0.25) is 0 Å². The number of urea groups is 1. The Morgan fingerprint density at radius 3 is 2.82 bits per heavy atom. The zero-order chi connectivity index (χ0) is 15.8. The van der Waals surface area contributed by atoms with Crippen LogP contribution in [0.5, 0.6) is 0 Å². The summed E-state index contributed by atoms with van der Waals surface area (Å²) < 4.78 is 4.96. The number of anilines is 1. The molecular weight excluding hydrogens is 300 g/mol. The van der Waals surface area contributed by atoms with Gasteiger partial charge in [-0.1, -0.05) is 24.3 Å². The average Bonchev–Trinajstić information content (AvgIpc) is 3.06. The van der Waals surface area contributed by atoms with E-state index in [1.807, 2.05) is 41.8 Å². The number of amides is 2. The van der Waals surface area contributed by atoms with Crippen LogP contribution in [-0.2, 0) is 4.74 Å². The fraction of sp³-hybridized carbons (Fsp3) is 0.312. The Bertz CT molecular complexity index is 587. The Hall–Kier alpha value is -1.89. The number of rotatable bonds is 7. The second kappa shape index (κ2) is 8.53. The largest absolute Gasteiger partial charge is 0.394 e. The number of thiophene rings is 1. The molecule has 0 saturated heterocycles. The lowest BCUT2D eigenvalue weighted by atomic mass is 10.1. The van der Waals surface area contributed by atoms with E-state index < -0.39 is 0 Å². The molecule has 0 aliphatic heterocycles. The van der Waals surface area contributed by atoms with Gasteiger partial charge in [-0.15, -0.1) is 11.3 Å². The van der Waals surface area contributed by atoms with Gasteiger partial charge in [0.15, 0.2) is 0 Å². The molecule has 0 spiro atoms. The quantitative estimate of drug-likeness (QED) is 0.734. The Labute approximate surface area is 133 Å². The van der Waals surface area contributed by atoms with Crippen molar-refractivity contribution in [3.8, 4) is 10.4 Å². The minimum Gasteiger partial charge on any atom is -0.394 e. The summed E-state index contributed by atoms with van der Waals surface area (Å²) >= 11 is 1.62. The third-order valence-electron chi connectivity index (χ3n) is 3.19. The molecular formula is C16H20N2O3S. The van der Waals surface area contributed by atoms with Crippen molar-refractivity contribution in [2.75, 3.05) is 25.6 Å². The summed E-state index contributed by atoms with van der Waals surface area (Å²) in [7, 11) is 1.59. The maximum Gasteiger partial charge on any atom is 0.319 e. The van der Waals surface area contributed by atoms with Crippen LogP contribution < -0.4 is 10.6 Å². The highest BCUT2D eigenvalue weighted by Crippen LogP contribution is 2.31. The van der Waals surface area contributed by atoms with Crippen LogP contribution in [0.3, 0.4) is 0 Å². The molecule has 22 heavy (non-hydrogen) atoms. The van der Waals surface area contributed by atoms with Gasteiger partial charge >= 0.3 is 6.03 Å². The van der Waals surface area contributed by atoms with Gasteiger partial charge in [-0.05, 0) is 23.9 Å². The van der Waals surface area contributed by atoms with Crippen molar-refractivity contribution < 1.29 is 14.6 Å². The second-order valence-corrected chi connectivity index (χ2v) is 5.73. The standard InChI is InChI=1S/C16H20N2O3S/c1-21-9-8-12(11-19)17-16(20)18-14-6-3-2-5-13(14)15-7-4-10-22-15/h2-7,10,12,19H,8-9,11H2,1H3,(H2,17,18,20). The maximum atomic E-state index is 12.1. The summed E-state index contributed by atoms with van der Waals surface area (Å²) in [6.45, 7) is 0.362. The van der Waals surface area contributed by atoms with Crippen molar-refractivity contribution >= 4 is 23.1 Å². The topological polar surface area (TPSA) is 70.6 Å². The van der Waals surface area contributed by atoms with E-state index in [0.29, 0.717) is 13.0 Å². The molecule has 3 N–H and O–H groups in total. The molecule has 1 atom stereocenters. The van der Waals surface area contributed by atoms with Gasteiger partial charge in [0.25, 0.3) is 0 Å². The minimum absolute atomic E-state index is 0.122. The van der Waals surface area contributed by atoms with E-state index in [2.05, 4.69) is 10.6 Å². The number of carbonyl (C=O) groups excluding carboxylic acids is 1. The molecule has 1 heterocycles. The maximum absolute atomic E-state index is 12.1. The molecule has 118 valence electrons. The van der Waals surface area contributed by atoms with Gasteiger partial charge in [0, 0.05) is 24.2 Å². The summed E-state index contributed by atoms with van der Waals surface area (Å²) in [4.78, 5) is 13.2. The van der Waals surface area contributed by atoms with E-state index in [-0.39, 0.29) is 18.7 Å². The van der Waals surface area contributed by atoms with Crippen LogP contribution in [0.25, 0.3) is 10.4 Å². The summed E-state index contributed by atoms with van der Waals surface area (Å²) in [6, 6.07) is 11.0. The van der Waals surface area contributed by atoms with Crippen molar-refractivity contribution in [3.63, 3.8) is 0 Å². The van der Waals surface area contributed by atoms with Crippen molar-refractivity contribution in [1.29, 1.82) is 0 Å². The summed E-state index contributed by atoms with van der Waals surface area (Å²) in [5, 5.41) is 16.9. The number of methoxy groups -OCH3 is 1. The van der Waals surface area contributed by atoms with E-state index in [1.165, 1.54) is 0 Å². The molecule has 1 aromatic carbocycles. The van der Waals surface area contributed by atoms with Crippen molar-refractivity contribution in [2.45, 2.75) is 12.5 Å². The first-order chi connectivity index (χ1) is 10.7. The molecule has 0 fully saturated rings. The number of nitrogens with one attached hydrogen (secondary N) is 2. The molecule has 1 unspecified atom stereocenters. The first-order valence-electron chi connectivity index (χ1n) is 7.04. The Morgan fingerprint density at radius 1 is 1.32 bits per heavy atom. The van der Waals surface area contributed by atoms with Gasteiger partial charge in [0.1, 0.15) is 0 Å². The van der Waals surface area contributed by atoms with Gasteiger partial charge < -0.3 is 20.5 Å². The van der Waals surface area contributed by atoms with Gasteiger partial charge in [0.05, 0.1) is 18.3 Å². The first-order valence-corrected chi connectivity index (χ1v) is 7.92. The lowest BCUT2D eigenvalue weighted by molar-refractivity contribution is 0.161. The summed E-state index contributed by atoms with van der Waals surface area (Å²) in [5.74, 6) is 0. The number of para-hydroxylation sites is 1. The van der Waals surface area contributed by atoms with Crippen LogP contribution in [0.1, 0.15) is 6.42 Å². The third-order valence-corrected chi connectivity index (χ3v) is 4.09. The van der Waals surface area contributed by atoms with E-state index in [0.717, 1.165) is 16.1 Å². The van der Waals surface area contributed by atoms with Crippen molar-refractivity contribution in [3.05, 3.63) is 41.8 Å². The smallest absolute Gasteiger partial charge is 0.319 e. The lowest BCUT2D eigenvalue weighted by Gasteiger charge is -2.17. The molecule has 2 rings (SSSR count). The molecule has 2 amide bonds. The number of aliphatic hydroxyl groups is 1. The Morgan fingerprint density at radius 2 is 2.14 bits per heavy atom. The predicted molar refractivity (Wildman–Crippen MR) is 89.3 cm³/mol. The van der Waals surface area contributed by atoms with Crippen LogP contribution in [-0.4, -0.2) is 37.5 Å². The molecule has 0 aliphatic rings. The van der Waals surface area contributed by atoms with E-state index in [1.54, 1.807) is 18.4 Å². The van der Waals surface area contributed by atoms with Gasteiger partial charge in [0.2, 0.25) is 0 Å². The predicted octanol–water partition coefficient (Wildman–Crippen LogP) is 2.93. The monoisotopic (exact) mass is 320 g/mol. The fourth-order valence-electron chi connectivity index (χ4n) is 2.05. The fourth-order valence-corrected chi connectivity index (χ4v) is 2.82. The molecule has 2 aromatic rings. The SMILES string of the molecule is COCCC(CO)NC(=O)Nc1ccccc1-c1cccs1. The first kappa shape index (κ1) is 16.5. The number of hydrogen-bond donors (Lipinski definition) is 3. The van der Waals surface area contributed by atoms with Crippen LogP contribution in [0.4, 0.5) is 10.5 Å². The van der Waals surface area contributed by atoms with Crippen molar-refractivity contribution in [1.82, 2.24) is 5.32 Å². The molecule has 1 aromatic heterocycles. The Kier molecular flexibility index (Phi) is 6.39. The molecule has 0 aliphatic carbocycles. The molecule has 0 bridgehead atoms. The summed E-state index contributed by atoms with van der Waals surface area (Å²) in [6.07, 6.45) is 0.562. The van der Waals surface area contributed by atoms with Crippen LogP contribution in [0.15, 0.2) is 41.8 Å². The normalized spacial score (nSPS) is 11.9. The average molecular weight is 320 g/mol. The van der Waals surface area contributed by atoms with Crippen LogP contribution in [0.2, 0.25) is 0 Å². The highest BCUT2D eigenvalue weighted by Gasteiger charge is 2.13.